The maximum Gasteiger partial charge on any atom is 0.190 e. The molecule has 0 radical (unpaired) electrons. The fourth-order valence-electron chi connectivity index (χ4n) is 1.49. The van der Waals surface area contributed by atoms with Crippen molar-refractivity contribution in [3.05, 3.63) is 30.1 Å². The zero-order valence-electron chi connectivity index (χ0n) is 10.4. The fraction of sp³-hybridized carbons (Fsp3) is 0.500. The molecule has 16 heavy (non-hydrogen) atoms. The van der Waals surface area contributed by atoms with Gasteiger partial charge in [0.05, 0.1) is 0 Å². The van der Waals surface area contributed by atoms with Crippen LogP contribution >= 0.6 is 0 Å². The molecule has 0 spiro atoms. The fourth-order valence-corrected chi connectivity index (χ4v) is 1.49. The van der Waals surface area contributed by atoms with Crippen LogP contribution in [0.15, 0.2) is 29.5 Å². The summed E-state index contributed by atoms with van der Waals surface area (Å²) in [5.41, 5.74) is 1.32. The maximum atomic E-state index is 4.09. The number of guanidine groups is 1. The molecule has 0 saturated carbocycles. The van der Waals surface area contributed by atoms with Crippen LogP contribution in [-0.4, -0.2) is 31.6 Å². The van der Waals surface area contributed by atoms with Crippen molar-refractivity contribution in [3.8, 4) is 0 Å². The van der Waals surface area contributed by atoms with E-state index in [9.17, 15) is 0 Å². The average molecular weight is 220 g/mol. The number of pyridine rings is 1. The van der Waals surface area contributed by atoms with Crippen LogP contribution in [0.5, 0.6) is 0 Å². The second-order valence-electron chi connectivity index (χ2n) is 4.30. The summed E-state index contributed by atoms with van der Waals surface area (Å²) < 4.78 is 0. The Labute approximate surface area is 97.2 Å². The van der Waals surface area contributed by atoms with Crippen LogP contribution in [0, 0.1) is 0 Å². The van der Waals surface area contributed by atoms with E-state index in [-0.39, 0.29) is 5.41 Å². The van der Waals surface area contributed by atoms with E-state index in [1.54, 1.807) is 7.05 Å². The minimum absolute atomic E-state index is 0.0513. The summed E-state index contributed by atoms with van der Waals surface area (Å²) in [6.07, 6.45) is 3.65. The van der Waals surface area contributed by atoms with Gasteiger partial charge in [-0.3, -0.25) is 9.98 Å². The number of hydrogen-bond donors (Lipinski definition) is 2. The standard InChI is InChI=1S/C12H20N4/c1-12(2,9-16-11(13-3)14-4)10-5-7-15-8-6-10/h5-8H,9H2,1-4H3,(H2,13,14,16). The zero-order valence-corrected chi connectivity index (χ0v) is 10.4. The zero-order chi connectivity index (χ0) is 12.0. The Hall–Kier alpha value is -1.58. The summed E-state index contributed by atoms with van der Waals surface area (Å²) in [6, 6.07) is 4.09. The molecular weight excluding hydrogens is 200 g/mol. The van der Waals surface area contributed by atoms with Crippen LogP contribution in [0.4, 0.5) is 0 Å². The molecule has 1 rings (SSSR count). The first-order chi connectivity index (χ1) is 7.60. The van der Waals surface area contributed by atoms with Crippen molar-refractivity contribution in [2.45, 2.75) is 19.3 Å². The smallest absolute Gasteiger partial charge is 0.190 e. The molecule has 0 aliphatic heterocycles. The number of aromatic nitrogens is 1. The van der Waals surface area contributed by atoms with E-state index in [0.717, 1.165) is 12.5 Å². The lowest BCUT2D eigenvalue weighted by molar-refractivity contribution is 0.509. The highest BCUT2D eigenvalue weighted by molar-refractivity contribution is 5.79. The molecule has 0 saturated heterocycles. The van der Waals surface area contributed by atoms with Crippen molar-refractivity contribution in [3.63, 3.8) is 0 Å². The third-order valence-electron chi connectivity index (χ3n) is 2.62. The van der Waals surface area contributed by atoms with Gasteiger partial charge in [0.2, 0.25) is 0 Å². The van der Waals surface area contributed by atoms with Crippen molar-refractivity contribution in [1.82, 2.24) is 15.6 Å². The Morgan fingerprint density at radius 1 is 1.38 bits per heavy atom. The van der Waals surface area contributed by atoms with E-state index in [1.165, 1.54) is 5.56 Å². The van der Waals surface area contributed by atoms with Gasteiger partial charge in [0.15, 0.2) is 5.96 Å². The second-order valence-corrected chi connectivity index (χ2v) is 4.30. The average Bonchev–Trinajstić information content (AvgIpc) is 2.31. The summed E-state index contributed by atoms with van der Waals surface area (Å²) in [6.45, 7) is 5.21. The molecule has 4 nitrogen and oxygen atoms in total. The van der Waals surface area contributed by atoms with E-state index < -0.39 is 0 Å². The van der Waals surface area contributed by atoms with Gasteiger partial charge in [-0.1, -0.05) is 13.8 Å². The SMILES string of the molecule is CN=C(NC)NCC(C)(C)c1ccncc1. The summed E-state index contributed by atoms with van der Waals surface area (Å²) in [7, 11) is 3.62. The van der Waals surface area contributed by atoms with Crippen molar-refractivity contribution < 1.29 is 0 Å². The molecule has 2 N–H and O–H groups in total. The van der Waals surface area contributed by atoms with Crippen LogP contribution in [0.3, 0.4) is 0 Å². The Morgan fingerprint density at radius 3 is 2.50 bits per heavy atom. The predicted octanol–water partition coefficient (Wildman–Crippen LogP) is 1.15. The molecule has 1 heterocycles. The molecule has 1 aromatic rings. The summed E-state index contributed by atoms with van der Waals surface area (Å²) in [4.78, 5) is 8.12. The second kappa shape index (κ2) is 5.49. The van der Waals surface area contributed by atoms with Gasteiger partial charge in [-0.2, -0.15) is 0 Å². The number of hydrogen-bond acceptors (Lipinski definition) is 2. The van der Waals surface area contributed by atoms with Gasteiger partial charge in [0.1, 0.15) is 0 Å². The summed E-state index contributed by atoms with van der Waals surface area (Å²) in [5.74, 6) is 0.808. The number of aliphatic imine (C=N–C) groups is 1. The lowest BCUT2D eigenvalue weighted by Gasteiger charge is -2.26. The minimum atomic E-state index is 0.0513. The van der Waals surface area contributed by atoms with Crippen LogP contribution in [-0.2, 0) is 5.41 Å². The lowest BCUT2D eigenvalue weighted by atomic mass is 9.85. The van der Waals surface area contributed by atoms with E-state index in [4.69, 9.17) is 0 Å². The van der Waals surface area contributed by atoms with Crippen molar-refractivity contribution in [2.75, 3.05) is 20.6 Å². The van der Waals surface area contributed by atoms with Gasteiger partial charge < -0.3 is 10.6 Å². The molecule has 0 aliphatic carbocycles. The number of nitrogens with zero attached hydrogens (tertiary/aromatic N) is 2. The summed E-state index contributed by atoms with van der Waals surface area (Å²) in [5, 5.41) is 6.28. The van der Waals surface area contributed by atoms with Gasteiger partial charge in [0.25, 0.3) is 0 Å². The van der Waals surface area contributed by atoms with E-state index >= 15 is 0 Å². The summed E-state index contributed by atoms with van der Waals surface area (Å²) >= 11 is 0. The van der Waals surface area contributed by atoms with E-state index in [1.807, 2.05) is 31.6 Å². The molecule has 0 fully saturated rings. The highest BCUT2D eigenvalue weighted by Gasteiger charge is 2.20. The third-order valence-corrected chi connectivity index (χ3v) is 2.62. The maximum absolute atomic E-state index is 4.09. The Balaban J connectivity index is 2.66. The van der Waals surface area contributed by atoms with Gasteiger partial charge in [-0.25, -0.2) is 0 Å². The van der Waals surface area contributed by atoms with Gasteiger partial charge >= 0.3 is 0 Å². The molecule has 0 aliphatic rings. The van der Waals surface area contributed by atoms with Crippen LogP contribution in [0.25, 0.3) is 0 Å². The lowest BCUT2D eigenvalue weighted by Crippen LogP contribution is -2.42. The Morgan fingerprint density at radius 2 is 2.00 bits per heavy atom. The first-order valence-corrected chi connectivity index (χ1v) is 5.39. The molecule has 4 heteroatoms. The quantitative estimate of drug-likeness (QED) is 0.593. The van der Waals surface area contributed by atoms with Crippen molar-refractivity contribution in [2.24, 2.45) is 4.99 Å². The van der Waals surface area contributed by atoms with E-state index in [2.05, 4.69) is 34.5 Å². The van der Waals surface area contributed by atoms with Crippen molar-refractivity contribution in [1.29, 1.82) is 0 Å². The molecule has 1 aromatic heterocycles. The van der Waals surface area contributed by atoms with Gasteiger partial charge in [-0.15, -0.1) is 0 Å². The molecule has 0 atom stereocenters. The first-order valence-electron chi connectivity index (χ1n) is 5.39. The highest BCUT2D eigenvalue weighted by atomic mass is 15.2. The largest absolute Gasteiger partial charge is 0.359 e. The predicted molar refractivity (Wildman–Crippen MR) is 67.7 cm³/mol. The Bertz CT molecular complexity index is 343. The number of rotatable bonds is 3. The van der Waals surface area contributed by atoms with Crippen molar-refractivity contribution >= 4 is 5.96 Å². The monoisotopic (exact) mass is 220 g/mol. The normalized spacial score (nSPS) is 12.4. The first kappa shape index (κ1) is 12.5. The van der Waals surface area contributed by atoms with Crippen LogP contribution < -0.4 is 10.6 Å². The highest BCUT2D eigenvalue weighted by Crippen LogP contribution is 2.20. The van der Waals surface area contributed by atoms with E-state index in [0.29, 0.717) is 0 Å². The molecule has 0 bridgehead atoms. The third kappa shape index (κ3) is 3.22. The molecule has 0 amide bonds. The minimum Gasteiger partial charge on any atom is -0.359 e. The molecule has 0 unspecified atom stereocenters. The molecule has 0 aromatic carbocycles. The van der Waals surface area contributed by atoms with Gasteiger partial charge in [0, 0.05) is 38.4 Å². The molecular formula is C12H20N4. The van der Waals surface area contributed by atoms with Gasteiger partial charge in [-0.05, 0) is 17.7 Å². The molecule has 88 valence electrons. The van der Waals surface area contributed by atoms with Crippen LogP contribution in [0.2, 0.25) is 0 Å². The van der Waals surface area contributed by atoms with Crippen LogP contribution in [0.1, 0.15) is 19.4 Å². The topological polar surface area (TPSA) is 49.3 Å². The Kier molecular flexibility index (Phi) is 4.28. The number of nitrogens with one attached hydrogen (secondary N) is 2.